The second-order valence-electron chi connectivity index (χ2n) is 6.37. The summed E-state index contributed by atoms with van der Waals surface area (Å²) in [5.74, 6) is 0. The van der Waals surface area contributed by atoms with Crippen molar-refractivity contribution < 1.29 is 4.74 Å². The zero-order valence-corrected chi connectivity index (χ0v) is 12.6. The van der Waals surface area contributed by atoms with Gasteiger partial charge in [0.1, 0.15) is 0 Å². The average Bonchev–Trinajstić information content (AvgIpc) is 2.46. The van der Waals surface area contributed by atoms with Crippen LogP contribution in [0.4, 0.5) is 0 Å². The zero-order chi connectivity index (χ0) is 13.3. The molecule has 112 valence electrons. The molecule has 2 fully saturated rings. The first-order chi connectivity index (χ1) is 9.34. The van der Waals surface area contributed by atoms with E-state index >= 15 is 0 Å². The normalized spacial score (nSPS) is 27.3. The van der Waals surface area contributed by atoms with Crippen LogP contribution in [0.15, 0.2) is 0 Å². The van der Waals surface area contributed by atoms with Crippen LogP contribution in [0.25, 0.3) is 0 Å². The monoisotopic (exact) mass is 268 g/mol. The van der Waals surface area contributed by atoms with Crippen molar-refractivity contribution in [1.82, 2.24) is 10.6 Å². The first-order valence-corrected chi connectivity index (χ1v) is 8.43. The van der Waals surface area contributed by atoms with Crippen LogP contribution in [-0.4, -0.2) is 37.9 Å². The van der Waals surface area contributed by atoms with Gasteiger partial charge in [0.05, 0.1) is 12.7 Å². The van der Waals surface area contributed by atoms with Crippen LogP contribution < -0.4 is 10.6 Å². The van der Waals surface area contributed by atoms with Crippen LogP contribution in [0.1, 0.15) is 64.7 Å². The maximum Gasteiger partial charge on any atom is 0.0594 e. The van der Waals surface area contributed by atoms with E-state index in [1.54, 1.807) is 0 Å². The topological polar surface area (TPSA) is 33.3 Å². The Labute approximate surface area is 118 Å². The van der Waals surface area contributed by atoms with E-state index in [0.29, 0.717) is 12.1 Å². The van der Waals surface area contributed by atoms with Crippen LogP contribution >= 0.6 is 0 Å². The van der Waals surface area contributed by atoms with Crippen molar-refractivity contribution >= 4 is 0 Å². The summed E-state index contributed by atoms with van der Waals surface area (Å²) in [6.45, 7) is 5.40. The summed E-state index contributed by atoms with van der Waals surface area (Å²) in [7, 11) is 0. The van der Waals surface area contributed by atoms with Gasteiger partial charge in [0.2, 0.25) is 0 Å². The molecule has 0 aromatic carbocycles. The molecule has 0 radical (unpaired) electrons. The summed E-state index contributed by atoms with van der Waals surface area (Å²) in [4.78, 5) is 0. The number of ether oxygens (including phenoxy) is 1. The van der Waals surface area contributed by atoms with Crippen molar-refractivity contribution in [3.63, 3.8) is 0 Å². The first-order valence-electron chi connectivity index (χ1n) is 8.43. The summed E-state index contributed by atoms with van der Waals surface area (Å²) < 4.78 is 5.95. The molecule has 0 aromatic rings. The molecule has 2 N–H and O–H groups in total. The molecule has 1 aliphatic carbocycles. The van der Waals surface area contributed by atoms with Gasteiger partial charge in [0.25, 0.3) is 0 Å². The van der Waals surface area contributed by atoms with E-state index in [4.69, 9.17) is 4.74 Å². The number of hydrogen-bond donors (Lipinski definition) is 2. The van der Waals surface area contributed by atoms with Crippen molar-refractivity contribution in [2.24, 2.45) is 0 Å². The lowest BCUT2D eigenvalue weighted by Crippen LogP contribution is -2.40. The number of nitrogens with one attached hydrogen (secondary N) is 2. The van der Waals surface area contributed by atoms with Gasteiger partial charge in [-0.15, -0.1) is 0 Å². The molecular weight excluding hydrogens is 236 g/mol. The van der Waals surface area contributed by atoms with Gasteiger partial charge in [-0.3, -0.25) is 0 Å². The third kappa shape index (κ3) is 6.24. The number of piperidine rings is 1. The third-order valence-corrected chi connectivity index (χ3v) is 4.55. The van der Waals surface area contributed by atoms with E-state index in [2.05, 4.69) is 17.6 Å². The van der Waals surface area contributed by atoms with E-state index in [0.717, 1.165) is 19.2 Å². The molecule has 2 atom stereocenters. The minimum Gasteiger partial charge on any atom is -0.377 e. The second kappa shape index (κ2) is 8.93. The van der Waals surface area contributed by atoms with Gasteiger partial charge < -0.3 is 15.4 Å². The van der Waals surface area contributed by atoms with E-state index in [-0.39, 0.29) is 0 Å². The van der Waals surface area contributed by atoms with E-state index in [1.165, 1.54) is 64.3 Å². The maximum atomic E-state index is 5.95. The molecule has 0 aromatic heterocycles. The molecule has 3 heteroatoms. The Morgan fingerprint density at radius 2 is 1.89 bits per heavy atom. The van der Waals surface area contributed by atoms with Crippen molar-refractivity contribution in [2.45, 2.75) is 82.9 Å². The zero-order valence-electron chi connectivity index (χ0n) is 12.6. The maximum absolute atomic E-state index is 5.95. The molecule has 19 heavy (non-hydrogen) atoms. The Morgan fingerprint density at radius 1 is 1.11 bits per heavy atom. The van der Waals surface area contributed by atoms with Crippen LogP contribution in [0, 0.1) is 0 Å². The molecule has 1 aliphatic heterocycles. The van der Waals surface area contributed by atoms with Gasteiger partial charge in [0, 0.05) is 18.6 Å². The highest BCUT2D eigenvalue weighted by Crippen LogP contribution is 2.19. The lowest BCUT2D eigenvalue weighted by molar-refractivity contribution is 0.0293. The molecule has 1 saturated heterocycles. The summed E-state index contributed by atoms with van der Waals surface area (Å²) >= 11 is 0. The molecule has 0 amide bonds. The van der Waals surface area contributed by atoms with Gasteiger partial charge in [0.15, 0.2) is 0 Å². The first kappa shape index (κ1) is 15.3. The van der Waals surface area contributed by atoms with Gasteiger partial charge in [-0.2, -0.15) is 0 Å². The third-order valence-electron chi connectivity index (χ3n) is 4.55. The van der Waals surface area contributed by atoms with Gasteiger partial charge in [-0.25, -0.2) is 0 Å². The highest BCUT2D eigenvalue weighted by molar-refractivity contribution is 4.77. The summed E-state index contributed by atoms with van der Waals surface area (Å²) in [5.41, 5.74) is 0. The lowest BCUT2D eigenvalue weighted by atomic mass is 9.98. The molecule has 2 unspecified atom stereocenters. The molecule has 0 bridgehead atoms. The number of rotatable bonds is 7. The Bertz CT molecular complexity index is 223. The second-order valence-corrected chi connectivity index (χ2v) is 6.37. The predicted molar refractivity (Wildman–Crippen MR) is 80.5 cm³/mol. The summed E-state index contributed by atoms with van der Waals surface area (Å²) in [5, 5.41) is 7.23. The summed E-state index contributed by atoms with van der Waals surface area (Å²) in [6.07, 6.45) is 12.6. The van der Waals surface area contributed by atoms with Crippen molar-refractivity contribution in [2.75, 3.05) is 19.7 Å². The minimum atomic E-state index is 0.547. The number of hydrogen-bond acceptors (Lipinski definition) is 3. The molecule has 2 rings (SSSR count). The Morgan fingerprint density at radius 3 is 2.63 bits per heavy atom. The standard InChI is InChI=1S/C16H32N2O/c1-14(13-15-7-5-6-10-18-15)17-11-12-19-16-8-3-2-4-9-16/h14-18H,2-13H2,1H3. The Hall–Kier alpha value is -0.120. The van der Waals surface area contributed by atoms with Crippen LogP contribution in [0.3, 0.4) is 0 Å². The van der Waals surface area contributed by atoms with Gasteiger partial charge in [-0.1, -0.05) is 25.7 Å². The molecule has 1 heterocycles. The van der Waals surface area contributed by atoms with Crippen LogP contribution in [0.2, 0.25) is 0 Å². The highest BCUT2D eigenvalue weighted by Gasteiger charge is 2.16. The summed E-state index contributed by atoms with van der Waals surface area (Å²) in [6, 6.07) is 1.33. The van der Waals surface area contributed by atoms with Crippen molar-refractivity contribution in [1.29, 1.82) is 0 Å². The van der Waals surface area contributed by atoms with Gasteiger partial charge in [-0.05, 0) is 45.6 Å². The quantitative estimate of drug-likeness (QED) is 0.697. The van der Waals surface area contributed by atoms with E-state index < -0.39 is 0 Å². The smallest absolute Gasteiger partial charge is 0.0594 e. The van der Waals surface area contributed by atoms with E-state index in [1.807, 2.05) is 0 Å². The van der Waals surface area contributed by atoms with E-state index in [9.17, 15) is 0 Å². The fraction of sp³-hybridized carbons (Fsp3) is 1.00. The fourth-order valence-electron chi connectivity index (χ4n) is 3.40. The van der Waals surface area contributed by atoms with Crippen LogP contribution in [0.5, 0.6) is 0 Å². The molecule has 0 spiro atoms. The molecule has 1 saturated carbocycles. The minimum absolute atomic E-state index is 0.547. The van der Waals surface area contributed by atoms with Crippen molar-refractivity contribution in [3.05, 3.63) is 0 Å². The van der Waals surface area contributed by atoms with Crippen molar-refractivity contribution in [3.8, 4) is 0 Å². The Kier molecular flexibility index (Phi) is 7.18. The lowest BCUT2D eigenvalue weighted by Gasteiger charge is -2.27. The Balaban J connectivity index is 1.47. The highest BCUT2D eigenvalue weighted by atomic mass is 16.5. The molecule has 2 aliphatic rings. The predicted octanol–water partition coefficient (Wildman–Crippen LogP) is 2.85. The SMILES string of the molecule is CC(CC1CCCCN1)NCCOC1CCCCC1. The fourth-order valence-corrected chi connectivity index (χ4v) is 3.40. The largest absolute Gasteiger partial charge is 0.377 e. The van der Waals surface area contributed by atoms with Gasteiger partial charge >= 0.3 is 0 Å². The molecular formula is C16H32N2O. The molecule has 3 nitrogen and oxygen atoms in total. The van der Waals surface area contributed by atoms with Crippen LogP contribution in [-0.2, 0) is 4.74 Å². The average molecular weight is 268 g/mol.